The highest BCUT2D eigenvalue weighted by atomic mass is 16.5. The van der Waals surface area contributed by atoms with Crippen molar-refractivity contribution in [1.29, 1.82) is 0 Å². The van der Waals surface area contributed by atoms with Gasteiger partial charge in [-0.3, -0.25) is 4.79 Å². The highest BCUT2D eigenvalue weighted by molar-refractivity contribution is 5.75. The number of hydrogen-bond acceptors (Lipinski definition) is 4. The number of amides is 1. The number of nitrogens with two attached hydrogens (primary N) is 1. The van der Waals surface area contributed by atoms with E-state index in [0.29, 0.717) is 12.3 Å². The molecule has 2 rings (SSSR count). The van der Waals surface area contributed by atoms with E-state index in [2.05, 4.69) is 17.1 Å². The molecule has 1 aliphatic rings. The summed E-state index contributed by atoms with van der Waals surface area (Å²) in [6, 6.07) is 6.06. The van der Waals surface area contributed by atoms with E-state index in [0.717, 1.165) is 37.4 Å². The maximum Gasteiger partial charge on any atom is 0.217 e. The number of nitrogens with one attached hydrogen (secondary N) is 1. The first-order valence-electron chi connectivity index (χ1n) is 7.15. The fourth-order valence-corrected chi connectivity index (χ4v) is 2.53. The summed E-state index contributed by atoms with van der Waals surface area (Å²) in [6.07, 6.45) is 1.90. The van der Waals surface area contributed by atoms with Crippen molar-refractivity contribution in [2.45, 2.75) is 32.7 Å². The number of hydrogen-bond donors (Lipinski definition) is 2. The van der Waals surface area contributed by atoms with Crippen molar-refractivity contribution in [3.05, 3.63) is 18.2 Å². The Bertz CT molecular complexity index is 476. The molecule has 0 saturated carbocycles. The van der Waals surface area contributed by atoms with Crippen molar-refractivity contribution < 1.29 is 9.53 Å². The molecule has 20 heavy (non-hydrogen) atoms. The predicted molar refractivity (Wildman–Crippen MR) is 81.1 cm³/mol. The molecule has 0 aromatic heterocycles. The summed E-state index contributed by atoms with van der Waals surface area (Å²) in [7, 11) is 0. The van der Waals surface area contributed by atoms with Crippen LogP contribution in [-0.2, 0) is 4.79 Å². The SMILES string of the molecule is CCCOc1cccc(N2CCC(NC(C)=O)C2)c1N. The normalized spacial score (nSPS) is 18.1. The molecule has 1 aliphatic heterocycles. The van der Waals surface area contributed by atoms with Gasteiger partial charge in [0.2, 0.25) is 5.91 Å². The second kappa shape index (κ2) is 6.50. The van der Waals surface area contributed by atoms with Crippen molar-refractivity contribution in [2.75, 3.05) is 30.3 Å². The van der Waals surface area contributed by atoms with Crippen molar-refractivity contribution in [3.8, 4) is 5.75 Å². The third-order valence-corrected chi connectivity index (χ3v) is 3.44. The van der Waals surface area contributed by atoms with Gasteiger partial charge in [0.05, 0.1) is 18.0 Å². The first-order valence-corrected chi connectivity index (χ1v) is 7.15. The highest BCUT2D eigenvalue weighted by Crippen LogP contribution is 2.34. The zero-order chi connectivity index (χ0) is 14.5. The molecule has 3 N–H and O–H groups in total. The van der Waals surface area contributed by atoms with Gasteiger partial charge < -0.3 is 20.7 Å². The molecular weight excluding hydrogens is 254 g/mol. The second-order valence-electron chi connectivity index (χ2n) is 5.17. The number of nitrogen functional groups attached to an aromatic ring is 1. The van der Waals surface area contributed by atoms with E-state index in [1.165, 1.54) is 0 Å². The van der Waals surface area contributed by atoms with Gasteiger partial charge in [-0.05, 0) is 25.0 Å². The molecular formula is C15H23N3O2. The molecule has 0 bridgehead atoms. The zero-order valence-electron chi connectivity index (χ0n) is 12.2. The van der Waals surface area contributed by atoms with Crippen LogP contribution in [0.1, 0.15) is 26.7 Å². The van der Waals surface area contributed by atoms with Gasteiger partial charge in [-0.1, -0.05) is 13.0 Å². The molecule has 1 heterocycles. The Morgan fingerprint density at radius 2 is 2.35 bits per heavy atom. The van der Waals surface area contributed by atoms with Crippen LogP contribution in [0.2, 0.25) is 0 Å². The molecule has 0 spiro atoms. The third-order valence-electron chi connectivity index (χ3n) is 3.44. The fraction of sp³-hybridized carbons (Fsp3) is 0.533. The largest absolute Gasteiger partial charge is 0.491 e. The lowest BCUT2D eigenvalue weighted by Crippen LogP contribution is -2.35. The molecule has 5 heteroatoms. The van der Waals surface area contributed by atoms with E-state index in [-0.39, 0.29) is 11.9 Å². The maximum absolute atomic E-state index is 11.1. The minimum absolute atomic E-state index is 0.0184. The van der Waals surface area contributed by atoms with Gasteiger partial charge in [0, 0.05) is 26.1 Å². The monoisotopic (exact) mass is 277 g/mol. The van der Waals surface area contributed by atoms with E-state index in [1.54, 1.807) is 6.92 Å². The van der Waals surface area contributed by atoms with Crippen LogP contribution in [0.25, 0.3) is 0 Å². The molecule has 1 amide bonds. The predicted octanol–water partition coefficient (Wildman–Crippen LogP) is 1.77. The molecule has 0 aliphatic carbocycles. The van der Waals surface area contributed by atoms with Gasteiger partial charge in [-0.25, -0.2) is 0 Å². The molecule has 5 nitrogen and oxygen atoms in total. The molecule has 1 saturated heterocycles. The van der Waals surface area contributed by atoms with Gasteiger partial charge in [0.25, 0.3) is 0 Å². The Balaban J connectivity index is 2.07. The smallest absolute Gasteiger partial charge is 0.217 e. The van der Waals surface area contributed by atoms with Crippen molar-refractivity contribution in [3.63, 3.8) is 0 Å². The maximum atomic E-state index is 11.1. The first kappa shape index (κ1) is 14.5. The lowest BCUT2D eigenvalue weighted by molar-refractivity contribution is -0.119. The van der Waals surface area contributed by atoms with E-state index >= 15 is 0 Å². The fourth-order valence-electron chi connectivity index (χ4n) is 2.53. The average molecular weight is 277 g/mol. The quantitative estimate of drug-likeness (QED) is 0.805. The van der Waals surface area contributed by atoms with Gasteiger partial charge in [0.15, 0.2) is 0 Å². The summed E-state index contributed by atoms with van der Waals surface area (Å²) in [5.74, 6) is 0.761. The molecule has 110 valence electrons. The van der Waals surface area contributed by atoms with Crippen molar-refractivity contribution in [1.82, 2.24) is 5.32 Å². The Labute approximate surface area is 120 Å². The lowest BCUT2D eigenvalue weighted by Gasteiger charge is -2.22. The second-order valence-corrected chi connectivity index (χ2v) is 5.17. The highest BCUT2D eigenvalue weighted by Gasteiger charge is 2.25. The summed E-state index contributed by atoms with van der Waals surface area (Å²) < 4.78 is 5.66. The Morgan fingerprint density at radius 1 is 1.55 bits per heavy atom. The number of para-hydroxylation sites is 1. The molecule has 1 aromatic rings. The lowest BCUT2D eigenvalue weighted by atomic mass is 10.2. The Hall–Kier alpha value is -1.91. The number of nitrogens with zero attached hydrogens (tertiary/aromatic N) is 1. The van der Waals surface area contributed by atoms with Crippen LogP contribution in [0.4, 0.5) is 11.4 Å². The van der Waals surface area contributed by atoms with Crippen LogP contribution in [0.5, 0.6) is 5.75 Å². The molecule has 1 unspecified atom stereocenters. The van der Waals surface area contributed by atoms with Gasteiger partial charge >= 0.3 is 0 Å². The van der Waals surface area contributed by atoms with Crippen LogP contribution in [-0.4, -0.2) is 31.6 Å². The summed E-state index contributed by atoms with van der Waals surface area (Å²) in [5.41, 5.74) is 7.87. The van der Waals surface area contributed by atoms with E-state index < -0.39 is 0 Å². The summed E-state index contributed by atoms with van der Waals surface area (Å²) >= 11 is 0. The molecule has 1 fully saturated rings. The summed E-state index contributed by atoms with van der Waals surface area (Å²) in [6.45, 7) is 5.98. The Morgan fingerprint density at radius 3 is 3.05 bits per heavy atom. The summed E-state index contributed by atoms with van der Waals surface area (Å²) in [4.78, 5) is 13.3. The van der Waals surface area contributed by atoms with Gasteiger partial charge in [-0.2, -0.15) is 0 Å². The molecule has 1 atom stereocenters. The minimum atomic E-state index is 0.0184. The first-order chi connectivity index (χ1) is 9.61. The van der Waals surface area contributed by atoms with Crippen LogP contribution in [0.3, 0.4) is 0 Å². The van der Waals surface area contributed by atoms with E-state index in [9.17, 15) is 4.79 Å². The number of benzene rings is 1. The molecule has 1 aromatic carbocycles. The molecule has 0 radical (unpaired) electrons. The minimum Gasteiger partial charge on any atom is -0.491 e. The van der Waals surface area contributed by atoms with Crippen LogP contribution in [0, 0.1) is 0 Å². The van der Waals surface area contributed by atoms with Crippen LogP contribution < -0.4 is 20.7 Å². The topological polar surface area (TPSA) is 67.6 Å². The zero-order valence-corrected chi connectivity index (χ0v) is 12.2. The van der Waals surface area contributed by atoms with Crippen molar-refractivity contribution >= 4 is 17.3 Å². The van der Waals surface area contributed by atoms with E-state index in [1.807, 2.05) is 18.2 Å². The average Bonchev–Trinajstić information content (AvgIpc) is 2.85. The number of carbonyl (C=O) groups excluding carboxylic acids is 1. The number of anilines is 2. The summed E-state index contributed by atoms with van der Waals surface area (Å²) in [5, 5.41) is 2.96. The number of ether oxygens (including phenoxy) is 1. The van der Waals surface area contributed by atoms with Crippen molar-refractivity contribution in [2.24, 2.45) is 0 Å². The Kier molecular flexibility index (Phi) is 4.71. The standard InChI is InChI=1S/C15H23N3O2/c1-3-9-20-14-6-4-5-13(15(14)16)18-8-7-12(10-18)17-11(2)19/h4-6,12H,3,7-10,16H2,1-2H3,(H,17,19). The van der Waals surface area contributed by atoms with Gasteiger partial charge in [0.1, 0.15) is 5.75 Å². The number of carbonyl (C=O) groups is 1. The van der Waals surface area contributed by atoms with Gasteiger partial charge in [-0.15, -0.1) is 0 Å². The van der Waals surface area contributed by atoms with Crippen LogP contribution >= 0.6 is 0 Å². The van der Waals surface area contributed by atoms with E-state index in [4.69, 9.17) is 10.5 Å². The number of rotatable bonds is 5. The third kappa shape index (κ3) is 3.35. The van der Waals surface area contributed by atoms with Crippen LogP contribution in [0.15, 0.2) is 18.2 Å².